The maximum atomic E-state index is 13.3. The molecule has 0 aliphatic heterocycles. The minimum absolute atomic E-state index is 0.0257. The molecule has 0 spiro atoms. The lowest BCUT2D eigenvalue weighted by molar-refractivity contribution is -0.723. The summed E-state index contributed by atoms with van der Waals surface area (Å²) in [7, 11) is 1.62. The van der Waals surface area contributed by atoms with Crippen LogP contribution in [0.1, 0.15) is 68.9 Å². The molecule has 0 aliphatic rings. The third-order valence-electron chi connectivity index (χ3n) is 5.93. The number of nitrogen functional groups attached to an aromatic ring is 1. The van der Waals surface area contributed by atoms with Gasteiger partial charge in [0, 0.05) is 24.3 Å². The van der Waals surface area contributed by atoms with Crippen LogP contribution in [-0.4, -0.2) is 46.9 Å². The molecule has 0 fully saturated rings. The second-order valence-corrected chi connectivity index (χ2v) is 9.74. The molecule has 2 N–H and O–H groups in total. The molecule has 35 heavy (non-hydrogen) atoms. The summed E-state index contributed by atoms with van der Waals surface area (Å²) < 4.78 is 19.9. The monoisotopic (exact) mass is 484 g/mol. The lowest BCUT2D eigenvalue weighted by Gasteiger charge is -2.21. The Balaban J connectivity index is 1.91. The first kappa shape index (κ1) is 26.4. The first-order chi connectivity index (χ1) is 16.6. The SMILES string of the molecule is CCC(CC)Oc1nn2c(N)[n+](CC(=O)c3cc(OCCOC)cc(C(C)(C)C)c3)nc2cc1C. The lowest BCUT2D eigenvalue weighted by Crippen LogP contribution is -2.42. The molecule has 3 rings (SSSR count). The molecule has 0 radical (unpaired) electrons. The molecule has 1 aromatic carbocycles. The predicted molar refractivity (Wildman–Crippen MR) is 134 cm³/mol. The number of aromatic nitrogens is 4. The molecule has 0 aliphatic carbocycles. The third-order valence-corrected chi connectivity index (χ3v) is 5.93. The summed E-state index contributed by atoms with van der Waals surface area (Å²) in [4.78, 5) is 13.3. The first-order valence-corrected chi connectivity index (χ1v) is 12.1. The smallest absolute Gasteiger partial charge is 0.401 e. The van der Waals surface area contributed by atoms with E-state index in [2.05, 4.69) is 44.8 Å². The number of Topliss-reactive ketones (excluding diaryl/α,β-unsaturated/α-hetero) is 1. The normalized spacial score (nSPS) is 11.9. The number of fused-ring (bicyclic) bond motifs is 1. The molecule has 0 saturated carbocycles. The molecule has 190 valence electrons. The average molecular weight is 485 g/mol. The van der Waals surface area contributed by atoms with Gasteiger partial charge in [-0.25, -0.2) is 0 Å². The summed E-state index contributed by atoms with van der Waals surface area (Å²) in [5.41, 5.74) is 9.15. The van der Waals surface area contributed by atoms with E-state index < -0.39 is 0 Å². The van der Waals surface area contributed by atoms with Crippen LogP contribution >= 0.6 is 0 Å². The van der Waals surface area contributed by atoms with Gasteiger partial charge in [-0.2, -0.15) is 0 Å². The van der Waals surface area contributed by atoms with E-state index in [4.69, 9.17) is 19.9 Å². The van der Waals surface area contributed by atoms with Crippen molar-refractivity contribution in [2.24, 2.45) is 0 Å². The van der Waals surface area contributed by atoms with E-state index in [1.54, 1.807) is 13.2 Å². The summed E-state index contributed by atoms with van der Waals surface area (Å²) in [6.45, 7) is 13.2. The Morgan fingerprint density at radius 2 is 1.86 bits per heavy atom. The quantitative estimate of drug-likeness (QED) is 0.251. The zero-order valence-electron chi connectivity index (χ0n) is 21.9. The van der Waals surface area contributed by atoms with Crippen LogP contribution in [0.5, 0.6) is 11.6 Å². The number of benzene rings is 1. The van der Waals surface area contributed by atoms with Gasteiger partial charge in [0.25, 0.3) is 5.65 Å². The topological polar surface area (TPSA) is 105 Å². The molecule has 9 nitrogen and oxygen atoms in total. The van der Waals surface area contributed by atoms with Crippen molar-refractivity contribution in [3.8, 4) is 11.6 Å². The van der Waals surface area contributed by atoms with E-state index in [1.165, 1.54) is 9.20 Å². The highest BCUT2D eigenvalue weighted by atomic mass is 16.5. The fraction of sp³-hybridized carbons (Fsp3) is 0.538. The van der Waals surface area contributed by atoms with Crippen molar-refractivity contribution in [3.05, 3.63) is 41.0 Å². The van der Waals surface area contributed by atoms with Crippen LogP contribution < -0.4 is 19.9 Å². The van der Waals surface area contributed by atoms with Gasteiger partial charge in [-0.3, -0.25) is 10.5 Å². The highest BCUT2D eigenvalue weighted by molar-refractivity contribution is 5.95. The predicted octanol–water partition coefficient (Wildman–Crippen LogP) is 3.68. The minimum atomic E-state index is -0.155. The highest BCUT2D eigenvalue weighted by Crippen LogP contribution is 2.28. The Kier molecular flexibility index (Phi) is 8.32. The Morgan fingerprint density at radius 1 is 1.14 bits per heavy atom. The van der Waals surface area contributed by atoms with E-state index in [-0.39, 0.29) is 29.8 Å². The number of nitrogens with two attached hydrogens (primary N) is 1. The van der Waals surface area contributed by atoms with Gasteiger partial charge in [0.2, 0.25) is 5.88 Å². The number of carbonyl (C=O) groups excluding carboxylic acids is 1. The number of nitrogens with zero attached hydrogens (tertiary/aromatic N) is 4. The van der Waals surface area contributed by atoms with Crippen LogP contribution in [0.15, 0.2) is 24.3 Å². The fourth-order valence-corrected chi connectivity index (χ4v) is 3.65. The van der Waals surface area contributed by atoms with E-state index >= 15 is 0 Å². The van der Waals surface area contributed by atoms with E-state index in [9.17, 15) is 4.79 Å². The van der Waals surface area contributed by atoms with Gasteiger partial charge in [-0.05, 0) is 48.9 Å². The number of anilines is 1. The molecule has 0 atom stereocenters. The summed E-state index contributed by atoms with van der Waals surface area (Å²) in [6.07, 6.45) is 1.84. The van der Waals surface area contributed by atoms with E-state index in [1.807, 2.05) is 25.1 Å². The number of ether oxygens (including phenoxy) is 3. The molecule has 0 amide bonds. The standard InChI is InChI=1S/C26H37N5O4/c1-8-20(9-2)35-24-17(3)12-23-28-30(25(27)31(23)29-24)16-22(32)18-13-19(26(4,5)6)15-21(14-18)34-11-10-33-7/h12-15,20,27H,8-11,16H2,1-7H3/p+1. The number of ketones is 1. The average Bonchev–Trinajstić information content (AvgIpc) is 3.10. The Bertz CT molecular complexity index is 1180. The fourth-order valence-electron chi connectivity index (χ4n) is 3.65. The summed E-state index contributed by atoms with van der Waals surface area (Å²) in [5.74, 6) is 1.28. The van der Waals surface area contributed by atoms with Gasteiger partial charge in [-0.15, -0.1) is 4.68 Å². The van der Waals surface area contributed by atoms with Crippen molar-refractivity contribution in [3.63, 3.8) is 0 Å². The van der Waals surface area contributed by atoms with Crippen LogP contribution in [-0.2, 0) is 16.7 Å². The number of hydrogen-bond donors (Lipinski definition) is 1. The van der Waals surface area contributed by atoms with Crippen molar-refractivity contribution >= 4 is 17.4 Å². The zero-order chi connectivity index (χ0) is 25.8. The van der Waals surface area contributed by atoms with Gasteiger partial charge < -0.3 is 14.2 Å². The van der Waals surface area contributed by atoms with Gasteiger partial charge in [-0.1, -0.05) is 49.3 Å². The van der Waals surface area contributed by atoms with Gasteiger partial charge in [0.05, 0.1) is 6.61 Å². The van der Waals surface area contributed by atoms with Crippen LogP contribution in [0.2, 0.25) is 0 Å². The van der Waals surface area contributed by atoms with Crippen LogP contribution in [0.4, 0.5) is 5.95 Å². The van der Waals surface area contributed by atoms with Crippen molar-refractivity contribution in [1.29, 1.82) is 0 Å². The van der Waals surface area contributed by atoms with Crippen LogP contribution in [0.3, 0.4) is 0 Å². The Labute approximate surface area is 207 Å². The van der Waals surface area contributed by atoms with Crippen molar-refractivity contribution in [1.82, 2.24) is 14.7 Å². The van der Waals surface area contributed by atoms with E-state index in [0.717, 1.165) is 24.0 Å². The molecule has 0 saturated heterocycles. The van der Waals surface area contributed by atoms with Crippen LogP contribution in [0.25, 0.3) is 5.65 Å². The molecule has 3 aromatic rings. The summed E-state index contributed by atoms with van der Waals surface area (Å²) >= 11 is 0. The molecule has 2 heterocycles. The van der Waals surface area contributed by atoms with Crippen molar-refractivity contribution in [2.75, 3.05) is 26.1 Å². The number of hydrogen-bond acceptors (Lipinski definition) is 7. The molecule has 2 aromatic heterocycles. The third kappa shape index (κ3) is 6.28. The number of carbonyl (C=O) groups is 1. The zero-order valence-corrected chi connectivity index (χ0v) is 21.9. The van der Waals surface area contributed by atoms with E-state index in [0.29, 0.717) is 36.1 Å². The van der Waals surface area contributed by atoms with Gasteiger partial charge in [0.1, 0.15) is 18.5 Å². The summed E-state index contributed by atoms with van der Waals surface area (Å²) in [6, 6.07) is 7.49. The molecule has 0 bridgehead atoms. The van der Waals surface area contributed by atoms with Crippen molar-refractivity contribution < 1.29 is 23.7 Å². The highest BCUT2D eigenvalue weighted by Gasteiger charge is 2.24. The Morgan fingerprint density at radius 3 is 2.49 bits per heavy atom. The first-order valence-electron chi connectivity index (χ1n) is 12.1. The maximum absolute atomic E-state index is 13.3. The van der Waals surface area contributed by atoms with Gasteiger partial charge in [0.15, 0.2) is 12.3 Å². The second-order valence-electron chi connectivity index (χ2n) is 9.74. The van der Waals surface area contributed by atoms with Gasteiger partial charge >= 0.3 is 5.95 Å². The largest absolute Gasteiger partial charge is 0.491 e. The molecular formula is C26H38N5O4+. The number of aryl methyl sites for hydroxylation is 1. The molecular weight excluding hydrogens is 446 g/mol. The van der Waals surface area contributed by atoms with Crippen molar-refractivity contribution in [2.45, 2.75) is 72.4 Å². The summed E-state index contributed by atoms with van der Waals surface area (Å²) in [5, 5.41) is 9.08. The molecule has 9 heteroatoms. The Hall–Kier alpha value is -3.20. The lowest BCUT2D eigenvalue weighted by atomic mass is 9.85. The van der Waals surface area contributed by atoms with Crippen LogP contribution in [0, 0.1) is 6.92 Å². The minimum Gasteiger partial charge on any atom is -0.491 e. The molecule has 0 unspecified atom stereocenters. The number of rotatable bonds is 11. The maximum Gasteiger partial charge on any atom is 0.401 e. The number of methoxy groups -OCH3 is 1. The second kappa shape index (κ2) is 11.0.